The smallest absolute Gasteiger partial charge is 0.338 e. The number of esters is 1. The number of nitrogens with one attached hydrogen (secondary N) is 1. The fraction of sp³-hybridized carbons (Fsp3) is 0.333. The van der Waals surface area contributed by atoms with Gasteiger partial charge in [-0.05, 0) is 24.6 Å². The topological polar surface area (TPSA) is 104 Å². The summed E-state index contributed by atoms with van der Waals surface area (Å²) in [5, 5.41) is 14.3. The Morgan fingerprint density at radius 3 is 2.84 bits per heavy atom. The lowest BCUT2D eigenvalue weighted by molar-refractivity contribution is -0.139. The highest BCUT2D eigenvalue weighted by atomic mass is 79.9. The van der Waals surface area contributed by atoms with E-state index in [2.05, 4.69) is 31.2 Å². The normalized spacial score (nSPS) is 21.7. The molecule has 2 aliphatic rings. The fourth-order valence-corrected chi connectivity index (χ4v) is 5.40. The molecule has 1 aromatic carbocycles. The van der Waals surface area contributed by atoms with Crippen LogP contribution in [0.5, 0.6) is 0 Å². The van der Waals surface area contributed by atoms with Gasteiger partial charge in [-0.1, -0.05) is 28.1 Å². The minimum Gasteiger partial charge on any atom is -0.478 e. The molecule has 3 heterocycles. The first-order valence-electron chi connectivity index (χ1n) is 11.2. The van der Waals surface area contributed by atoms with E-state index in [0.29, 0.717) is 20.9 Å². The van der Waals surface area contributed by atoms with Crippen LogP contribution in [0.25, 0.3) is 0 Å². The van der Waals surface area contributed by atoms with Crippen LogP contribution < -0.4 is 5.32 Å². The summed E-state index contributed by atoms with van der Waals surface area (Å²) in [6.07, 6.45) is 3.04. The number of benzene rings is 1. The molecule has 2 atom stereocenters. The number of alkyl halides is 2. The SMILES string of the molecule is CCOC(=O)C1=C(CN2CC(F)(F)CC2/C=C/C(=O)O)NC(c2nccs2)=N[C@H]1c1ccc(F)cc1Br. The van der Waals surface area contributed by atoms with Crippen LogP contribution in [-0.2, 0) is 14.3 Å². The maximum absolute atomic E-state index is 14.4. The van der Waals surface area contributed by atoms with E-state index in [1.807, 2.05) is 0 Å². The van der Waals surface area contributed by atoms with Crippen molar-refractivity contribution in [1.82, 2.24) is 15.2 Å². The van der Waals surface area contributed by atoms with E-state index < -0.39 is 48.7 Å². The third-order valence-electron chi connectivity index (χ3n) is 5.75. The molecule has 0 spiro atoms. The van der Waals surface area contributed by atoms with Crippen LogP contribution >= 0.6 is 27.3 Å². The number of aliphatic imine (C=N–C) groups is 1. The van der Waals surface area contributed by atoms with Crippen LogP contribution in [0.1, 0.15) is 30.0 Å². The van der Waals surface area contributed by atoms with Crippen LogP contribution in [-0.4, -0.2) is 64.4 Å². The van der Waals surface area contributed by atoms with Crippen LogP contribution in [0.15, 0.2) is 62.7 Å². The molecule has 196 valence electrons. The zero-order valence-corrected chi connectivity index (χ0v) is 21.9. The van der Waals surface area contributed by atoms with E-state index in [1.165, 1.54) is 40.5 Å². The van der Waals surface area contributed by atoms with Gasteiger partial charge in [0.25, 0.3) is 5.92 Å². The molecule has 1 saturated heterocycles. The summed E-state index contributed by atoms with van der Waals surface area (Å²) in [5.74, 6) is -5.21. The summed E-state index contributed by atoms with van der Waals surface area (Å²) in [4.78, 5) is 34.6. The zero-order chi connectivity index (χ0) is 26.7. The van der Waals surface area contributed by atoms with Gasteiger partial charge in [0.2, 0.25) is 0 Å². The predicted octanol–water partition coefficient (Wildman–Crippen LogP) is 4.30. The Labute approximate surface area is 222 Å². The number of hydrogen-bond acceptors (Lipinski definition) is 8. The summed E-state index contributed by atoms with van der Waals surface area (Å²) < 4.78 is 48.3. The van der Waals surface area contributed by atoms with Gasteiger partial charge in [-0.15, -0.1) is 11.3 Å². The maximum Gasteiger partial charge on any atom is 0.338 e. The van der Waals surface area contributed by atoms with Gasteiger partial charge in [0, 0.05) is 46.8 Å². The number of nitrogens with zero attached hydrogens (tertiary/aromatic N) is 3. The first kappa shape index (κ1) is 27.0. The van der Waals surface area contributed by atoms with Crippen molar-refractivity contribution in [2.24, 2.45) is 4.99 Å². The van der Waals surface area contributed by atoms with Crippen molar-refractivity contribution in [2.45, 2.75) is 31.4 Å². The summed E-state index contributed by atoms with van der Waals surface area (Å²) in [6.45, 7) is 0.895. The van der Waals surface area contributed by atoms with E-state index in [0.717, 1.165) is 6.08 Å². The summed E-state index contributed by atoms with van der Waals surface area (Å²) >= 11 is 4.63. The summed E-state index contributed by atoms with van der Waals surface area (Å²) in [5.41, 5.74) is 0.795. The third kappa shape index (κ3) is 6.28. The number of rotatable bonds is 8. The van der Waals surface area contributed by atoms with Gasteiger partial charge in [-0.3, -0.25) is 9.89 Å². The number of carboxylic acid groups (broad SMARTS) is 1. The minimum atomic E-state index is -3.06. The lowest BCUT2D eigenvalue weighted by Crippen LogP contribution is -2.41. The van der Waals surface area contributed by atoms with Crippen molar-refractivity contribution in [3.63, 3.8) is 0 Å². The van der Waals surface area contributed by atoms with Gasteiger partial charge in [0.1, 0.15) is 11.9 Å². The van der Waals surface area contributed by atoms with Gasteiger partial charge in [0.05, 0.1) is 18.7 Å². The highest BCUT2D eigenvalue weighted by molar-refractivity contribution is 9.10. The molecule has 0 amide bonds. The van der Waals surface area contributed by atoms with Crippen molar-refractivity contribution in [3.05, 3.63) is 74.1 Å². The lowest BCUT2D eigenvalue weighted by Gasteiger charge is -2.31. The van der Waals surface area contributed by atoms with E-state index in [-0.39, 0.29) is 24.4 Å². The van der Waals surface area contributed by atoms with Gasteiger partial charge in [-0.25, -0.2) is 27.7 Å². The first-order chi connectivity index (χ1) is 17.6. The number of thiazole rings is 1. The number of likely N-dealkylation sites (tertiary alicyclic amines) is 1. The van der Waals surface area contributed by atoms with Crippen molar-refractivity contribution < 1.29 is 32.6 Å². The average Bonchev–Trinajstić information content (AvgIpc) is 3.45. The minimum absolute atomic E-state index is 0.0573. The number of carbonyl (C=O) groups excluding carboxylic acids is 1. The average molecular weight is 599 g/mol. The Bertz CT molecular complexity index is 1280. The highest BCUT2D eigenvalue weighted by Gasteiger charge is 2.45. The summed E-state index contributed by atoms with van der Waals surface area (Å²) in [6, 6.07) is 2.11. The molecule has 0 aliphatic carbocycles. The number of halogens is 4. The van der Waals surface area contributed by atoms with E-state index >= 15 is 0 Å². The molecule has 2 aromatic rings. The Hall–Kier alpha value is -3.03. The van der Waals surface area contributed by atoms with Crippen molar-refractivity contribution in [3.8, 4) is 0 Å². The molecule has 1 aromatic heterocycles. The van der Waals surface area contributed by atoms with Crippen LogP contribution in [0.3, 0.4) is 0 Å². The standard InChI is InChI=1S/C24H22BrF3N4O4S/c1-2-36-23(35)19-17(11-32-12-24(27,28)10-14(32)4-6-18(33)34)30-21(22-29-7-8-37-22)31-20(19)15-5-3-13(26)9-16(15)25/h3-9,14,20H,2,10-12H2,1H3,(H,30,31)(H,33,34)/b6-4+/t14?,20-/m0/s1. The fourth-order valence-electron chi connectivity index (χ4n) is 4.24. The Balaban J connectivity index is 1.82. The number of hydrogen-bond donors (Lipinski definition) is 2. The summed E-state index contributed by atoms with van der Waals surface area (Å²) in [7, 11) is 0. The Morgan fingerprint density at radius 2 is 2.19 bits per heavy atom. The van der Waals surface area contributed by atoms with Crippen LogP contribution in [0.4, 0.5) is 13.2 Å². The molecule has 0 saturated carbocycles. The van der Waals surface area contributed by atoms with Gasteiger partial charge in [-0.2, -0.15) is 0 Å². The van der Waals surface area contributed by atoms with E-state index in [9.17, 15) is 22.8 Å². The Morgan fingerprint density at radius 1 is 1.41 bits per heavy atom. The molecular weight excluding hydrogens is 577 g/mol. The van der Waals surface area contributed by atoms with Gasteiger partial charge >= 0.3 is 11.9 Å². The second kappa shape index (κ2) is 11.2. The number of aliphatic carboxylic acids is 1. The maximum atomic E-state index is 14.4. The van der Waals surface area contributed by atoms with Gasteiger partial charge < -0.3 is 15.2 Å². The number of aromatic nitrogens is 1. The van der Waals surface area contributed by atoms with Crippen LogP contribution in [0.2, 0.25) is 0 Å². The highest BCUT2D eigenvalue weighted by Crippen LogP contribution is 2.39. The Kier molecular flexibility index (Phi) is 8.14. The second-order valence-electron chi connectivity index (χ2n) is 8.35. The van der Waals surface area contributed by atoms with Gasteiger partial charge in [0.15, 0.2) is 10.8 Å². The molecule has 0 bridgehead atoms. The molecule has 4 rings (SSSR count). The monoisotopic (exact) mass is 598 g/mol. The number of ether oxygens (including phenoxy) is 1. The van der Waals surface area contributed by atoms with Crippen molar-refractivity contribution in [2.75, 3.05) is 19.7 Å². The third-order valence-corrected chi connectivity index (χ3v) is 7.21. The molecular formula is C24H22BrF3N4O4S. The lowest BCUT2D eigenvalue weighted by atomic mass is 9.95. The number of amidine groups is 1. The molecule has 2 aliphatic heterocycles. The first-order valence-corrected chi connectivity index (χ1v) is 12.9. The number of carboxylic acids is 1. The van der Waals surface area contributed by atoms with E-state index in [1.54, 1.807) is 18.5 Å². The molecule has 1 unspecified atom stereocenters. The van der Waals surface area contributed by atoms with Crippen molar-refractivity contribution in [1.29, 1.82) is 0 Å². The molecule has 8 nitrogen and oxygen atoms in total. The number of carbonyl (C=O) groups is 2. The van der Waals surface area contributed by atoms with Crippen molar-refractivity contribution >= 4 is 45.0 Å². The second-order valence-corrected chi connectivity index (χ2v) is 10.1. The van der Waals surface area contributed by atoms with E-state index in [4.69, 9.17) is 9.84 Å². The predicted molar refractivity (Wildman–Crippen MR) is 134 cm³/mol. The zero-order valence-electron chi connectivity index (χ0n) is 19.5. The molecule has 1 fully saturated rings. The molecule has 37 heavy (non-hydrogen) atoms. The molecule has 2 N–H and O–H groups in total. The largest absolute Gasteiger partial charge is 0.478 e. The van der Waals surface area contributed by atoms with Crippen LogP contribution in [0, 0.1) is 5.82 Å². The molecule has 13 heteroatoms. The molecule has 0 radical (unpaired) electrons. The quantitative estimate of drug-likeness (QED) is 0.345.